The summed E-state index contributed by atoms with van der Waals surface area (Å²) in [6.07, 6.45) is 7.35. The van der Waals surface area contributed by atoms with Gasteiger partial charge in [-0.25, -0.2) is 0 Å². The van der Waals surface area contributed by atoms with Crippen LogP contribution in [0.3, 0.4) is 0 Å². The summed E-state index contributed by atoms with van der Waals surface area (Å²) >= 11 is 0. The fourth-order valence-corrected chi connectivity index (χ4v) is 6.28. The van der Waals surface area contributed by atoms with Gasteiger partial charge in [0, 0.05) is 0 Å². The minimum absolute atomic E-state index is 0.132. The first-order valence-electron chi connectivity index (χ1n) is 10.4. The van der Waals surface area contributed by atoms with Gasteiger partial charge in [-0.2, -0.15) is 0 Å². The van der Waals surface area contributed by atoms with E-state index in [1.54, 1.807) is 0 Å². The molecule has 4 saturated carbocycles. The predicted molar refractivity (Wildman–Crippen MR) is 100 cm³/mol. The smallest absolute Gasteiger partial charge is 0.312 e. The van der Waals surface area contributed by atoms with Gasteiger partial charge in [0.05, 0.1) is 17.9 Å². The Morgan fingerprint density at radius 1 is 0.962 bits per heavy atom. The van der Waals surface area contributed by atoms with Crippen LogP contribution in [0.25, 0.3) is 0 Å². The predicted octanol–water partition coefficient (Wildman–Crippen LogP) is 4.75. The average molecular weight is 365 g/mol. The Kier molecular flexibility index (Phi) is 4.94. The Morgan fingerprint density at radius 2 is 1.46 bits per heavy atom. The molecule has 0 aliphatic heterocycles. The fourth-order valence-electron chi connectivity index (χ4n) is 6.28. The van der Waals surface area contributed by atoms with Crippen molar-refractivity contribution in [1.82, 2.24) is 0 Å². The number of hydrogen-bond acceptors (Lipinski definition) is 4. The lowest BCUT2D eigenvalue weighted by Gasteiger charge is -2.59. The molecule has 1 unspecified atom stereocenters. The molecule has 0 amide bonds. The van der Waals surface area contributed by atoms with Gasteiger partial charge in [0.15, 0.2) is 0 Å². The summed E-state index contributed by atoms with van der Waals surface area (Å²) < 4.78 is 11.3. The van der Waals surface area contributed by atoms with Crippen molar-refractivity contribution in [2.45, 2.75) is 85.2 Å². The van der Waals surface area contributed by atoms with E-state index in [-0.39, 0.29) is 17.5 Å². The van der Waals surface area contributed by atoms with Crippen molar-refractivity contribution in [2.75, 3.05) is 7.11 Å². The van der Waals surface area contributed by atoms with Gasteiger partial charge in [0.1, 0.15) is 5.60 Å². The van der Waals surface area contributed by atoms with E-state index < -0.39 is 10.8 Å². The Labute approximate surface area is 158 Å². The van der Waals surface area contributed by atoms with Crippen LogP contribution in [0.5, 0.6) is 0 Å². The van der Waals surface area contributed by atoms with Crippen LogP contribution in [0.4, 0.5) is 0 Å². The van der Waals surface area contributed by atoms with E-state index in [1.807, 2.05) is 27.7 Å². The maximum absolute atomic E-state index is 13.3. The molecule has 4 rings (SSSR count). The van der Waals surface area contributed by atoms with E-state index in [4.69, 9.17) is 9.47 Å². The van der Waals surface area contributed by atoms with Crippen molar-refractivity contribution in [3.63, 3.8) is 0 Å². The molecule has 0 saturated heterocycles. The number of methoxy groups -OCH3 is 1. The highest BCUT2D eigenvalue weighted by molar-refractivity contribution is 5.80. The zero-order chi connectivity index (χ0) is 19.3. The van der Waals surface area contributed by atoms with Crippen molar-refractivity contribution in [3.8, 4) is 0 Å². The molecule has 4 aliphatic carbocycles. The topological polar surface area (TPSA) is 52.6 Å². The summed E-state index contributed by atoms with van der Waals surface area (Å²) in [4.78, 5) is 25.4. The first-order chi connectivity index (χ1) is 12.0. The minimum Gasteiger partial charge on any atom is -0.469 e. The SMILES string of the molecule is CCC(C)(CC(C)(C)C(=O)OC)C(=O)OC1(C)C2CC3CC(C2)CC1C3. The minimum atomic E-state index is -0.705. The Balaban J connectivity index is 1.76. The summed E-state index contributed by atoms with van der Waals surface area (Å²) in [5, 5.41) is 0. The third-order valence-corrected chi connectivity index (χ3v) is 7.92. The molecular formula is C22H36O4. The summed E-state index contributed by atoms with van der Waals surface area (Å²) in [6, 6.07) is 0. The van der Waals surface area contributed by atoms with Gasteiger partial charge in [0.25, 0.3) is 0 Å². The third-order valence-electron chi connectivity index (χ3n) is 7.92. The molecule has 0 N–H and O–H groups in total. The Bertz CT molecular complexity index is 551. The van der Waals surface area contributed by atoms with Gasteiger partial charge < -0.3 is 9.47 Å². The van der Waals surface area contributed by atoms with E-state index in [0.717, 1.165) is 11.8 Å². The lowest BCUT2D eigenvalue weighted by Crippen LogP contribution is -2.59. The molecule has 0 aromatic heterocycles. The highest BCUT2D eigenvalue weighted by Crippen LogP contribution is 2.60. The molecule has 0 radical (unpaired) electrons. The van der Waals surface area contributed by atoms with Crippen molar-refractivity contribution >= 4 is 11.9 Å². The van der Waals surface area contributed by atoms with Crippen LogP contribution in [-0.2, 0) is 19.1 Å². The van der Waals surface area contributed by atoms with Crippen LogP contribution in [0, 0.1) is 34.5 Å². The summed E-state index contributed by atoms with van der Waals surface area (Å²) in [5.74, 6) is 2.31. The quantitative estimate of drug-likeness (QED) is 0.638. The zero-order valence-electron chi connectivity index (χ0n) is 17.4. The van der Waals surface area contributed by atoms with E-state index in [2.05, 4.69) is 6.92 Å². The van der Waals surface area contributed by atoms with Crippen LogP contribution < -0.4 is 0 Å². The second kappa shape index (κ2) is 6.53. The Morgan fingerprint density at radius 3 is 1.88 bits per heavy atom. The van der Waals surface area contributed by atoms with E-state index in [1.165, 1.54) is 39.2 Å². The zero-order valence-corrected chi connectivity index (χ0v) is 17.4. The fraction of sp³-hybridized carbons (Fsp3) is 0.909. The van der Waals surface area contributed by atoms with Gasteiger partial charge in [-0.1, -0.05) is 6.92 Å². The molecule has 26 heavy (non-hydrogen) atoms. The maximum Gasteiger partial charge on any atom is 0.312 e. The van der Waals surface area contributed by atoms with Crippen molar-refractivity contribution in [3.05, 3.63) is 0 Å². The maximum atomic E-state index is 13.3. The summed E-state index contributed by atoms with van der Waals surface area (Å²) in [5.41, 5.74) is -1.70. The first kappa shape index (κ1) is 19.7. The van der Waals surface area contributed by atoms with Crippen LogP contribution >= 0.6 is 0 Å². The van der Waals surface area contributed by atoms with Gasteiger partial charge in [-0.05, 0) is 96.3 Å². The number of rotatable bonds is 6. The number of carbonyl (C=O) groups excluding carboxylic acids is 2. The normalized spacial score (nSPS) is 37.9. The van der Waals surface area contributed by atoms with E-state index in [0.29, 0.717) is 24.7 Å². The number of ether oxygens (including phenoxy) is 2. The van der Waals surface area contributed by atoms with Crippen LogP contribution in [-0.4, -0.2) is 24.6 Å². The van der Waals surface area contributed by atoms with E-state index in [9.17, 15) is 9.59 Å². The molecule has 0 aromatic carbocycles. The average Bonchev–Trinajstić information content (AvgIpc) is 2.57. The second-order valence-corrected chi connectivity index (χ2v) is 10.3. The van der Waals surface area contributed by atoms with Crippen molar-refractivity contribution in [1.29, 1.82) is 0 Å². The molecule has 1 atom stereocenters. The number of hydrogen-bond donors (Lipinski definition) is 0. The number of esters is 2. The standard InChI is InChI=1S/C22H36O4/c1-7-21(4,13-20(2,3)18(23)25-6)19(24)26-22(5)16-9-14-8-15(11-16)12-17(22)10-14/h14-17H,7-13H2,1-6H3. The lowest BCUT2D eigenvalue weighted by molar-refractivity contribution is -0.213. The highest BCUT2D eigenvalue weighted by Gasteiger charge is 2.58. The monoisotopic (exact) mass is 364 g/mol. The molecule has 148 valence electrons. The molecule has 4 nitrogen and oxygen atoms in total. The van der Waals surface area contributed by atoms with Gasteiger partial charge in [-0.15, -0.1) is 0 Å². The van der Waals surface area contributed by atoms with Crippen LogP contribution in [0.2, 0.25) is 0 Å². The highest BCUT2D eigenvalue weighted by atomic mass is 16.6. The van der Waals surface area contributed by atoms with Crippen molar-refractivity contribution in [2.24, 2.45) is 34.5 Å². The Hall–Kier alpha value is -1.06. The molecule has 4 bridgehead atoms. The molecule has 0 aromatic rings. The molecule has 4 fully saturated rings. The number of carbonyl (C=O) groups is 2. The molecular weight excluding hydrogens is 328 g/mol. The van der Waals surface area contributed by atoms with Gasteiger partial charge in [-0.3, -0.25) is 9.59 Å². The summed E-state index contributed by atoms with van der Waals surface area (Å²) in [7, 11) is 1.40. The molecule has 4 heteroatoms. The van der Waals surface area contributed by atoms with E-state index >= 15 is 0 Å². The van der Waals surface area contributed by atoms with Gasteiger partial charge >= 0.3 is 11.9 Å². The molecule has 0 heterocycles. The molecule has 0 spiro atoms. The third kappa shape index (κ3) is 3.18. The lowest BCUT2D eigenvalue weighted by atomic mass is 9.50. The first-order valence-corrected chi connectivity index (χ1v) is 10.4. The second-order valence-electron chi connectivity index (χ2n) is 10.3. The van der Waals surface area contributed by atoms with Crippen molar-refractivity contribution < 1.29 is 19.1 Å². The van der Waals surface area contributed by atoms with Gasteiger partial charge in [0.2, 0.25) is 0 Å². The summed E-state index contributed by atoms with van der Waals surface area (Å²) in [6.45, 7) is 9.84. The largest absolute Gasteiger partial charge is 0.469 e. The molecule has 4 aliphatic rings. The van der Waals surface area contributed by atoms with Crippen LogP contribution in [0.1, 0.15) is 79.6 Å². The van der Waals surface area contributed by atoms with Crippen LogP contribution in [0.15, 0.2) is 0 Å².